The third-order valence-corrected chi connectivity index (χ3v) is 2.97. The van der Waals surface area contributed by atoms with Gasteiger partial charge in [-0.05, 0) is 44.5 Å². The van der Waals surface area contributed by atoms with Gasteiger partial charge in [0.05, 0.1) is 18.4 Å². The number of nitrogens with zero attached hydrogens (tertiary/aromatic N) is 1. The minimum atomic E-state index is -0.515. The molecule has 0 fully saturated rings. The number of methoxy groups -OCH3 is 1. The zero-order valence-corrected chi connectivity index (χ0v) is 12.8. The van der Waals surface area contributed by atoms with E-state index in [0.717, 1.165) is 12.0 Å². The van der Waals surface area contributed by atoms with Gasteiger partial charge in [0.25, 0.3) is 0 Å². The van der Waals surface area contributed by atoms with E-state index in [1.807, 2.05) is 20.8 Å². The average molecular weight is 289 g/mol. The molecule has 0 aliphatic heterocycles. The highest BCUT2D eigenvalue weighted by Crippen LogP contribution is 2.15. The van der Waals surface area contributed by atoms with Crippen molar-refractivity contribution in [3.63, 3.8) is 0 Å². The Labute approximate surface area is 124 Å². The number of esters is 1. The smallest absolute Gasteiger partial charge is 0.338 e. The average Bonchev–Trinajstić information content (AvgIpc) is 2.50. The number of allylic oxidation sites excluding steroid dienone is 3. The first-order chi connectivity index (χ1) is 10.0. The van der Waals surface area contributed by atoms with Crippen molar-refractivity contribution in [1.29, 1.82) is 0 Å². The summed E-state index contributed by atoms with van der Waals surface area (Å²) in [4.78, 5) is 16.2. The van der Waals surface area contributed by atoms with Crippen LogP contribution in [-0.4, -0.2) is 18.8 Å². The maximum Gasteiger partial charge on any atom is 0.338 e. The Hall–Kier alpha value is -2.23. The monoisotopic (exact) mass is 289 g/mol. The molecular weight excluding hydrogens is 269 g/mol. The Bertz CT molecular complexity index is 601. The zero-order valence-electron chi connectivity index (χ0n) is 12.8. The van der Waals surface area contributed by atoms with Crippen LogP contribution in [0.5, 0.6) is 0 Å². The van der Waals surface area contributed by atoms with Crippen LogP contribution in [0, 0.1) is 5.82 Å². The summed E-state index contributed by atoms with van der Waals surface area (Å²) < 4.78 is 18.3. The van der Waals surface area contributed by atoms with E-state index < -0.39 is 11.8 Å². The van der Waals surface area contributed by atoms with E-state index in [1.54, 1.807) is 18.4 Å². The number of aliphatic imine (C=N–C) groups is 1. The summed E-state index contributed by atoms with van der Waals surface area (Å²) in [6.07, 6.45) is 6.13. The van der Waals surface area contributed by atoms with Gasteiger partial charge in [0.1, 0.15) is 5.82 Å². The van der Waals surface area contributed by atoms with Crippen molar-refractivity contribution in [1.82, 2.24) is 0 Å². The third-order valence-electron chi connectivity index (χ3n) is 2.97. The van der Waals surface area contributed by atoms with Gasteiger partial charge in [0, 0.05) is 11.8 Å². The summed E-state index contributed by atoms with van der Waals surface area (Å²) >= 11 is 0. The van der Waals surface area contributed by atoms with Gasteiger partial charge in [0.2, 0.25) is 0 Å². The maximum atomic E-state index is 13.5. The predicted molar refractivity (Wildman–Crippen MR) is 83.1 cm³/mol. The Morgan fingerprint density at radius 2 is 2.10 bits per heavy atom. The van der Waals surface area contributed by atoms with Gasteiger partial charge in [0.15, 0.2) is 0 Å². The van der Waals surface area contributed by atoms with Crippen molar-refractivity contribution in [3.8, 4) is 0 Å². The lowest BCUT2D eigenvalue weighted by Crippen LogP contribution is -2.10. The van der Waals surface area contributed by atoms with Crippen LogP contribution in [-0.2, 0) is 4.74 Å². The van der Waals surface area contributed by atoms with E-state index in [0.29, 0.717) is 16.8 Å². The third kappa shape index (κ3) is 4.67. The molecule has 0 N–H and O–H groups in total. The molecule has 1 aromatic carbocycles. The molecule has 0 radical (unpaired) electrons. The molecule has 21 heavy (non-hydrogen) atoms. The summed E-state index contributed by atoms with van der Waals surface area (Å²) in [5.41, 5.74) is 2.32. The summed E-state index contributed by atoms with van der Waals surface area (Å²) in [6.45, 7) is 5.82. The van der Waals surface area contributed by atoms with E-state index in [-0.39, 0.29) is 0 Å². The van der Waals surface area contributed by atoms with Gasteiger partial charge in [-0.2, -0.15) is 0 Å². The molecule has 0 aliphatic rings. The molecule has 1 rings (SSSR count). The molecule has 0 atom stereocenters. The van der Waals surface area contributed by atoms with Gasteiger partial charge in [-0.25, -0.2) is 9.18 Å². The van der Waals surface area contributed by atoms with Crippen molar-refractivity contribution in [2.45, 2.75) is 27.2 Å². The molecule has 0 saturated carbocycles. The van der Waals surface area contributed by atoms with E-state index in [1.165, 1.54) is 25.3 Å². The van der Waals surface area contributed by atoms with Crippen LogP contribution < -0.4 is 0 Å². The first-order valence-electron chi connectivity index (χ1n) is 6.77. The fraction of sp³-hybridized carbons (Fsp3) is 0.294. The molecule has 112 valence electrons. The molecule has 0 bridgehead atoms. The molecular formula is C17H20FNO2. The second-order valence-electron chi connectivity index (χ2n) is 4.52. The standard InChI is InChI=1S/C17H20FNO2/c1-5-7-16(19-11-12(3)6-2)15-10-13(18)8-9-14(15)17(20)21-4/h5,7-11H,6H2,1-4H3/b7-5-,12-11?,19-16?. The van der Waals surface area contributed by atoms with Crippen molar-refractivity contribution < 1.29 is 13.9 Å². The molecule has 0 amide bonds. The van der Waals surface area contributed by atoms with E-state index in [4.69, 9.17) is 4.74 Å². The number of hydrogen-bond donors (Lipinski definition) is 0. The number of halogens is 1. The second kappa shape index (κ2) is 8.15. The first kappa shape index (κ1) is 16.8. The maximum absolute atomic E-state index is 13.5. The van der Waals surface area contributed by atoms with Crippen LogP contribution in [0.3, 0.4) is 0 Å². The number of carbonyl (C=O) groups excluding carboxylic acids is 1. The van der Waals surface area contributed by atoms with Crippen molar-refractivity contribution in [2.75, 3.05) is 7.11 Å². The van der Waals surface area contributed by atoms with Crippen LogP contribution in [0.4, 0.5) is 4.39 Å². The molecule has 0 aliphatic carbocycles. The Morgan fingerprint density at radius 3 is 2.67 bits per heavy atom. The van der Waals surface area contributed by atoms with Crippen LogP contribution in [0.25, 0.3) is 0 Å². The second-order valence-corrected chi connectivity index (χ2v) is 4.52. The minimum Gasteiger partial charge on any atom is -0.465 e. The minimum absolute atomic E-state index is 0.290. The van der Waals surface area contributed by atoms with Gasteiger partial charge >= 0.3 is 5.97 Å². The Balaban J connectivity index is 3.44. The molecule has 0 heterocycles. The number of ether oxygens (including phenoxy) is 1. The van der Waals surface area contributed by atoms with Crippen LogP contribution in [0.15, 0.2) is 47.1 Å². The fourth-order valence-electron chi connectivity index (χ4n) is 1.65. The number of hydrogen-bond acceptors (Lipinski definition) is 3. The van der Waals surface area contributed by atoms with Gasteiger partial charge < -0.3 is 4.74 Å². The number of benzene rings is 1. The highest BCUT2D eigenvalue weighted by atomic mass is 19.1. The largest absolute Gasteiger partial charge is 0.465 e. The zero-order chi connectivity index (χ0) is 15.8. The molecule has 4 heteroatoms. The molecule has 0 spiro atoms. The summed E-state index contributed by atoms with van der Waals surface area (Å²) in [7, 11) is 1.29. The molecule has 3 nitrogen and oxygen atoms in total. The Morgan fingerprint density at radius 1 is 1.38 bits per heavy atom. The lowest BCUT2D eigenvalue weighted by atomic mass is 10.0. The lowest BCUT2D eigenvalue weighted by molar-refractivity contribution is 0.0600. The quantitative estimate of drug-likeness (QED) is 0.599. The predicted octanol–water partition coefficient (Wildman–Crippen LogP) is 4.29. The molecule has 1 aromatic rings. The Kier molecular flexibility index (Phi) is 6.53. The highest BCUT2D eigenvalue weighted by Gasteiger charge is 2.15. The van der Waals surface area contributed by atoms with Crippen molar-refractivity contribution in [2.24, 2.45) is 4.99 Å². The normalized spacial score (nSPS) is 12.8. The topological polar surface area (TPSA) is 38.7 Å². The van der Waals surface area contributed by atoms with Crippen LogP contribution >= 0.6 is 0 Å². The van der Waals surface area contributed by atoms with Gasteiger partial charge in [-0.15, -0.1) is 0 Å². The van der Waals surface area contributed by atoms with E-state index >= 15 is 0 Å². The number of rotatable bonds is 5. The van der Waals surface area contributed by atoms with E-state index in [2.05, 4.69) is 4.99 Å². The summed E-state index contributed by atoms with van der Waals surface area (Å²) in [6, 6.07) is 3.93. The molecule has 0 saturated heterocycles. The first-order valence-corrected chi connectivity index (χ1v) is 6.77. The fourth-order valence-corrected chi connectivity index (χ4v) is 1.65. The lowest BCUT2D eigenvalue weighted by Gasteiger charge is -2.08. The summed E-state index contributed by atoms with van der Waals surface area (Å²) in [5, 5.41) is 0. The van der Waals surface area contributed by atoms with Crippen LogP contribution in [0.2, 0.25) is 0 Å². The van der Waals surface area contributed by atoms with Gasteiger partial charge in [-0.1, -0.05) is 18.6 Å². The molecule has 0 aromatic heterocycles. The van der Waals surface area contributed by atoms with Crippen molar-refractivity contribution >= 4 is 11.7 Å². The van der Waals surface area contributed by atoms with Crippen molar-refractivity contribution in [3.05, 3.63) is 59.1 Å². The highest BCUT2D eigenvalue weighted by molar-refractivity contribution is 6.14. The van der Waals surface area contributed by atoms with Crippen LogP contribution in [0.1, 0.15) is 43.1 Å². The summed E-state index contributed by atoms with van der Waals surface area (Å²) in [5.74, 6) is -0.940. The number of carbonyl (C=O) groups is 1. The SMILES string of the molecule is C/C=C\C(=NC=C(C)CC)c1cc(F)ccc1C(=O)OC. The van der Waals surface area contributed by atoms with Gasteiger partial charge in [-0.3, -0.25) is 4.99 Å². The van der Waals surface area contributed by atoms with E-state index in [9.17, 15) is 9.18 Å². The molecule has 0 unspecified atom stereocenters.